The third-order valence-electron chi connectivity index (χ3n) is 7.78. The number of halogens is 4. The van der Waals surface area contributed by atoms with Crippen LogP contribution in [-0.2, 0) is 34.1 Å². The van der Waals surface area contributed by atoms with E-state index in [0.29, 0.717) is 30.9 Å². The van der Waals surface area contributed by atoms with Gasteiger partial charge in [0.1, 0.15) is 4.90 Å². The van der Waals surface area contributed by atoms with E-state index < -0.39 is 37.7 Å². The van der Waals surface area contributed by atoms with E-state index in [-0.39, 0.29) is 24.8 Å². The highest BCUT2D eigenvalue weighted by atomic mass is 35.5. The molecule has 12 heteroatoms. The third kappa shape index (κ3) is 6.80. The molecule has 3 aromatic rings. The molecule has 3 heterocycles. The van der Waals surface area contributed by atoms with Crippen molar-refractivity contribution in [3.05, 3.63) is 88.7 Å². The lowest BCUT2D eigenvalue weighted by Gasteiger charge is -2.36. The van der Waals surface area contributed by atoms with E-state index in [1.807, 2.05) is 29.0 Å². The van der Waals surface area contributed by atoms with Gasteiger partial charge in [0.25, 0.3) is 0 Å². The van der Waals surface area contributed by atoms with Crippen LogP contribution in [0.1, 0.15) is 42.1 Å². The summed E-state index contributed by atoms with van der Waals surface area (Å²) in [5, 5.41) is 2.49. The van der Waals surface area contributed by atoms with Crippen LogP contribution in [0.3, 0.4) is 0 Å². The lowest BCUT2D eigenvalue weighted by atomic mass is 9.97. The summed E-state index contributed by atoms with van der Waals surface area (Å²) in [5.41, 5.74) is 0.853. The molecule has 0 bridgehead atoms. The summed E-state index contributed by atoms with van der Waals surface area (Å²) in [6.45, 7) is 3.58. The molecule has 0 spiro atoms. The fourth-order valence-corrected chi connectivity index (χ4v) is 7.87. The Balaban J connectivity index is 1.27. The van der Waals surface area contributed by atoms with E-state index in [0.717, 1.165) is 38.5 Å². The van der Waals surface area contributed by atoms with Crippen molar-refractivity contribution in [1.29, 1.82) is 0 Å². The van der Waals surface area contributed by atoms with E-state index in [1.54, 1.807) is 12.1 Å². The van der Waals surface area contributed by atoms with Crippen molar-refractivity contribution in [1.82, 2.24) is 19.1 Å². The van der Waals surface area contributed by atoms with Gasteiger partial charge < -0.3 is 9.88 Å². The maximum atomic E-state index is 13.7. The van der Waals surface area contributed by atoms with Gasteiger partial charge in [-0.2, -0.15) is 17.5 Å². The lowest BCUT2D eigenvalue weighted by Crippen LogP contribution is -2.45. The van der Waals surface area contributed by atoms with Gasteiger partial charge in [-0.15, -0.1) is 0 Å². The number of hydrogen-bond donors (Lipinski definition) is 1. The van der Waals surface area contributed by atoms with Crippen molar-refractivity contribution >= 4 is 27.5 Å². The minimum absolute atomic E-state index is 0.0520. The van der Waals surface area contributed by atoms with E-state index in [2.05, 4.69) is 22.3 Å². The number of nitrogens with zero attached hydrogens (tertiary/aromatic N) is 3. The number of aromatic nitrogens is 1. The second kappa shape index (κ2) is 12.2. The molecule has 5 rings (SSSR count). The van der Waals surface area contributed by atoms with Crippen LogP contribution in [-0.4, -0.2) is 54.3 Å². The van der Waals surface area contributed by atoms with Crippen LogP contribution in [0.2, 0.25) is 5.02 Å². The second-order valence-electron chi connectivity index (χ2n) is 10.6. The predicted molar refractivity (Wildman–Crippen MR) is 150 cm³/mol. The molecular weight excluding hydrogens is 577 g/mol. The average Bonchev–Trinajstić information content (AvgIpc) is 3.42. The van der Waals surface area contributed by atoms with Crippen LogP contribution in [0.25, 0.3) is 0 Å². The highest BCUT2D eigenvalue weighted by Gasteiger charge is 2.40. The van der Waals surface area contributed by atoms with Crippen LogP contribution < -0.4 is 5.32 Å². The molecule has 0 radical (unpaired) electrons. The van der Waals surface area contributed by atoms with E-state index in [9.17, 15) is 26.4 Å². The summed E-state index contributed by atoms with van der Waals surface area (Å²) in [4.78, 5) is 15.1. The zero-order chi connectivity index (χ0) is 29.2. The summed E-state index contributed by atoms with van der Waals surface area (Å²) < 4.78 is 69.9. The van der Waals surface area contributed by atoms with E-state index >= 15 is 0 Å². The largest absolute Gasteiger partial charge is 0.416 e. The first-order chi connectivity index (χ1) is 19.5. The number of sulfonamides is 1. The molecule has 0 saturated carbocycles. The van der Waals surface area contributed by atoms with Crippen molar-refractivity contribution < 1.29 is 26.4 Å². The molecule has 2 aliphatic heterocycles. The number of alkyl halides is 3. The molecule has 1 N–H and O–H groups in total. The number of piperidine rings is 1. The van der Waals surface area contributed by atoms with Crippen molar-refractivity contribution in [2.75, 3.05) is 26.2 Å². The van der Waals surface area contributed by atoms with Crippen molar-refractivity contribution in [3.63, 3.8) is 0 Å². The fourth-order valence-electron chi connectivity index (χ4n) is 5.76. The number of likely N-dealkylation sites (tertiary alicyclic amines) is 1. The SMILES string of the molecule is O=C(CC1c2cccn2CCN1S(=O)(=O)c1ccc(C(F)(F)F)cc1Cl)NCC1CCCN(Cc2ccccc2)C1. The predicted octanol–water partition coefficient (Wildman–Crippen LogP) is 5.32. The summed E-state index contributed by atoms with van der Waals surface area (Å²) in [6, 6.07) is 15.2. The Hall–Kier alpha value is -2.86. The molecule has 2 aliphatic rings. The minimum Gasteiger partial charge on any atom is -0.356 e. The molecule has 2 atom stereocenters. The zero-order valence-electron chi connectivity index (χ0n) is 22.4. The number of rotatable bonds is 8. The highest BCUT2D eigenvalue weighted by Crippen LogP contribution is 2.38. The standard InChI is InChI=1S/C29H32ClF3N4O3S/c30-24-16-23(29(31,32)33)10-11-27(24)41(39,40)37-15-14-36-13-5-9-25(36)26(37)17-28(38)34-18-22-8-4-12-35(20-22)19-21-6-2-1-3-7-21/h1-3,5-7,9-11,13,16,22,26H,4,8,12,14-15,17-20H2,(H,34,38). The molecule has 1 aromatic heterocycles. The Kier molecular flexibility index (Phi) is 8.79. The number of carbonyl (C=O) groups is 1. The van der Waals surface area contributed by atoms with Crippen LogP contribution >= 0.6 is 11.6 Å². The topological polar surface area (TPSA) is 74.6 Å². The van der Waals surface area contributed by atoms with Gasteiger partial charge in [0, 0.05) is 51.0 Å². The van der Waals surface area contributed by atoms with Gasteiger partial charge in [0.2, 0.25) is 15.9 Å². The third-order valence-corrected chi connectivity index (χ3v) is 10.2. The van der Waals surface area contributed by atoms with Crippen molar-refractivity contribution in [3.8, 4) is 0 Å². The normalized spacial score (nSPS) is 20.5. The maximum Gasteiger partial charge on any atom is 0.416 e. The molecule has 0 aliphatic carbocycles. The first-order valence-corrected chi connectivity index (χ1v) is 15.4. The fraction of sp³-hybridized carbons (Fsp3) is 0.414. The summed E-state index contributed by atoms with van der Waals surface area (Å²) in [7, 11) is -4.31. The number of nitrogens with one attached hydrogen (secondary N) is 1. The monoisotopic (exact) mass is 608 g/mol. The van der Waals surface area contributed by atoms with Crippen molar-refractivity contribution in [2.45, 2.75) is 49.5 Å². The van der Waals surface area contributed by atoms with Gasteiger partial charge in [-0.05, 0) is 61.2 Å². The summed E-state index contributed by atoms with van der Waals surface area (Å²) in [6.07, 6.45) is -0.940. The van der Waals surface area contributed by atoms with Crippen molar-refractivity contribution in [2.24, 2.45) is 5.92 Å². The molecule has 41 heavy (non-hydrogen) atoms. The molecular formula is C29H32ClF3N4O3S. The van der Waals surface area contributed by atoms with Gasteiger partial charge in [0.15, 0.2) is 0 Å². The van der Waals surface area contributed by atoms with Gasteiger partial charge >= 0.3 is 6.18 Å². The van der Waals surface area contributed by atoms with E-state index in [4.69, 9.17) is 11.6 Å². The van der Waals surface area contributed by atoms with Crippen LogP contribution in [0.5, 0.6) is 0 Å². The van der Waals surface area contributed by atoms with Gasteiger partial charge in [-0.3, -0.25) is 9.69 Å². The smallest absolute Gasteiger partial charge is 0.356 e. The van der Waals surface area contributed by atoms with E-state index in [1.165, 1.54) is 9.87 Å². The molecule has 1 fully saturated rings. The van der Waals surface area contributed by atoms with Gasteiger partial charge in [-0.1, -0.05) is 41.9 Å². The number of hydrogen-bond acceptors (Lipinski definition) is 4. The van der Waals surface area contributed by atoms with Gasteiger partial charge in [0.05, 0.1) is 16.6 Å². The Morgan fingerprint density at radius 2 is 1.80 bits per heavy atom. The first-order valence-electron chi connectivity index (χ1n) is 13.6. The number of carbonyl (C=O) groups excluding carboxylic acids is 1. The number of fused-ring (bicyclic) bond motifs is 1. The molecule has 220 valence electrons. The van der Waals surface area contributed by atoms with Crippen LogP contribution in [0.15, 0.2) is 71.8 Å². The second-order valence-corrected chi connectivity index (χ2v) is 12.9. The Morgan fingerprint density at radius 1 is 1.02 bits per heavy atom. The summed E-state index contributed by atoms with van der Waals surface area (Å²) >= 11 is 6.08. The van der Waals surface area contributed by atoms with Crippen LogP contribution in [0.4, 0.5) is 13.2 Å². The van der Waals surface area contributed by atoms with Crippen LogP contribution in [0, 0.1) is 5.92 Å². The first kappa shape index (κ1) is 29.6. The Labute approximate surface area is 242 Å². The molecule has 2 unspecified atom stereocenters. The number of benzene rings is 2. The Bertz CT molecular complexity index is 1480. The minimum atomic E-state index is -4.66. The average molecular weight is 609 g/mol. The lowest BCUT2D eigenvalue weighted by molar-refractivity contribution is -0.137. The quantitative estimate of drug-likeness (QED) is 0.375. The maximum absolute atomic E-state index is 13.7. The molecule has 1 saturated heterocycles. The Morgan fingerprint density at radius 3 is 2.54 bits per heavy atom. The molecule has 2 aromatic carbocycles. The van der Waals surface area contributed by atoms with Gasteiger partial charge in [-0.25, -0.2) is 8.42 Å². The summed E-state index contributed by atoms with van der Waals surface area (Å²) in [5.74, 6) is -0.0130. The molecule has 1 amide bonds. The molecule has 7 nitrogen and oxygen atoms in total. The zero-order valence-corrected chi connectivity index (χ0v) is 23.9. The number of amides is 1. The highest BCUT2D eigenvalue weighted by molar-refractivity contribution is 7.89.